The van der Waals surface area contributed by atoms with Crippen molar-refractivity contribution in [2.24, 2.45) is 5.92 Å². The van der Waals surface area contributed by atoms with E-state index in [-0.39, 0.29) is 12.1 Å². The Labute approximate surface area is 110 Å². The number of ether oxygens (including phenoxy) is 1. The summed E-state index contributed by atoms with van der Waals surface area (Å²) in [5.41, 5.74) is 0. The molecule has 0 radical (unpaired) electrons. The molecule has 0 aromatic rings. The van der Waals surface area contributed by atoms with Gasteiger partial charge in [-0.2, -0.15) is 0 Å². The molecule has 1 saturated heterocycles. The third-order valence-corrected chi connectivity index (χ3v) is 3.99. The van der Waals surface area contributed by atoms with E-state index in [9.17, 15) is 4.79 Å². The maximum Gasteiger partial charge on any atom is 0.237 e. The number of hydrogen-bond donors (Lipinski definition) is 1. The Kier molecular flexibility index (Phi) is 5.01. The van der Waals surface area contributed by atoms with E-state index < -0.39 is 0 Å². The Balaban J connectivity index is 1.72. The van der Waals surface area contributed by atoms with Crippen LogP contribution >= 0.6 is 0 Å². The van der Waals surface area contributed by atoms with E-state index >= 15 is 0 Å². The molecule has 18 heavy (non-hydrogen) atoms. The SMILES string of the molecule is CC(C)C1NCC(=O)N1CCOC1CCCCC1. The molecule has 2 fully saturated rings. The summed E-state index contributed by atoms with van der Waals surface area (Å²) in [5.74, 6) is 0.659. The summed E-state index contributed by atoms with van der Waals surface area (Å²) in [7, 11) is 0. The van der Waals surface area contributed by atoms with E-state index in [1.54, 1.807) is 0 Å². The number of rotatable bonds is 5. The zero-order valence-electron chi connectivity index (χ0n) is 11.7. The molecule has 1 saturated carbocycles. The van der Waals surface area contributed by atoms with E-state index in [2.05, 4.69) is 19.2 Å². The Morgan fingerprint density at radius 1 is 1.33 bits per heavy atom. The quantitative estimate of drug-likeness (QED) is 0.812. The molecule has 1 atom stereocenters. The highest BCUT2D eigenvalue weighted by Crippen LogP contribution is 2.20. The van der Waals surface area contributed by atoms with Gasteiger partial charge >= 0.3 is 0 Å². The molecule has 1 amide bonds. The molecule has 0 aromatic carbocycles. The number of hydrogen-bond acceptors (Lipinski definition) is 3. The molecule has 2 aliphatic rings. The number of nitrogens with one attached hydrogen (secondary N) is 1. The van der Waals surface area contributed by atoms with Crippen molar-refractivity contribution in [3.8, 4) is 0 Å². The van der Waals surface area contributed by atoms with Gasteiger partial charge in [0.05, 0.1) is 25.4 Å². The third-order valence-electron chi connectivity index (χ3n) is 3.99. The van der Waals surface area contributed by atoms with Gasteiger partial charge in [0.1, 0.15) is 0 Å². The van der Waals surface area contributed by atoms with Crippen LogP contribution in [0.1, 0.15) is 46.0 Å². The Hall–Kier alpha value is -0.610. The zero-order chi connectivity index (χ0) is 13.0. The van der Waals surface area contributed by atoms with Crippen LogP contribution in [0.25, 0.3) is 0 Å². The van der Waals surface area contributed by atoms with E-state index in [1.165, 1.54) is 32.1 Å². The van der Waals surface area contributed by atoms with Crippen molar-refractivity contribution < 1.29 is 9.53 Å². The van der Waals surface area contributed by atoms with Crippen LogP contribution in [-0.2, 0) is 9.53 Å². The topological polar surface area (TPSA) is 41.6 Å². The molecule has 4 heteroatoms. The van der Waals surface area contributed by atoms with E-state index in [0.29, 0.717) is 25.2 Å². The third kappa shape index (κ3) is 3.45. The molecule has 1 aliphatic heterocycles. The van der Waals surface area contributed by atoms with E-state index in [1.807, 2.05) is 4.90 Å². The summed E-state index contributed by atoms with van der Waals surface area (Å²) in [5, 5.41) is 3.27. The van der Waals surface area contributed by atoms with Gasteiger partial charge in [-0.05, 0) is 18.8 Å². The summed E-state index contributed by atoms with van der Waals surface area (Å²) >= 11 is 0. The minimum absolute atomic E-state index is 0.187. The van der Waals surface area contributed by atoms with Crippen LogP contribution in [0, 0.1) is 5.92 Å². The Morgan fingerprint density at radius 3 is 2.72 bits per heavy atom. The second kappa shape index (κ2) is 6.53. The molecule has 4 nitrogen and oxygen atoms in total. The van der Waals surface area contributed by atoms with Gasteiger partial charge in [0, 0.05) is 6.54 Å². The molecule has 104 valence electrons. The number of carbonyl (C=O) groups excluding carboxylic acids is 1. The highest BCUT2D eigenvalue weighted by Gasteiger charge is 2.32. The average molecular weight is 254 g/mol. The first-order valence-electron chi connectivity index (χ1n) is 7.33. The van der Waals surface area contributed by atoms with Crippen molar-refractivity contribution in [2.45, 2.75) is 58.2 Å². The summed E-state index contributed by atoms with van der Waals surface area (Å²) in [6, 6.07) is 0. The summed E-state index contributed by atoms with van der Waals surface area (Å²) in [4.78, 5) is 13.7. The maximum absolute atomic E-state index is 11.8. The lowest BCUT2D eigenvalue weighted by molar-refractivity contribution is -0.129. The fraction of sp³-hybridized carbons (Fsp3) is 0.929. The van der Waals surface area contributed by atoms with Gasteiger partial charge in [0.25, 0.3) is 0 Å². The van der Waals surface area contributed by atoms with E-state index in [4.69, 9.17) is 4.74 Å². The van der Waals surface area contributed by atoms with Crippen molar-refractivity contribution in [1.29, 1.82) is 0 Å². The van der Waals surface area contributed by atoms with Crippen LogP contribution in [0.15, 0.2) is 0 Å². The van der Waals surface area contributed by atoms with Gasteiger partial charge in [0.15, 0.2) is 0 Å². The smallest absolute Gasteiger partial charge is 0.237 e. The zero-order valence-corrected chi connectivity index (χ0v) is 11.7. The monoisotopic (exact) mass is 254 g/mol. The number of carbonyl (C=O) groups is 1. The van der Waals surface area contributed by atoms with Crippen molar-refractivity contribution in [2.75, 3.05) is 19.7 Å². The van der Waals surface area contributed by atoms with E-state index in [0.717, 1.165) is 6.54 Å². The molecule has 1 N–H and O–H groups in total. The van der Waals surface area contributed by atoms with Crippen LogP contribution in [0.4, 0.5) is 0 Å². The first kappa shape index (κ1) is 13.8. The number of amides is 1. The fourth-order valence-electron chi connectivity index (χ4n) is 2.97. The molecule has 0 spiro atoms. The second-order valence-corrected chi connectivity index (χ2v) is 5.79. The predicted octanol–water partition coefficient (Wildman–Crippen LogP) is 1.75. The molecule has 1 aliphatic carbocycles. The maximum atomic E-state index is 11.8. The molecule has 2 rings (SSSR count). The Bertz CT molecular complexity index is 275. The van der Waals surface area contributed by atoms with Crippen molar-refractivity contribution in [3.63, 3.8) is 0 Å². The first-order valence-corrected chi connectivity index (χ1v) is 7.33. The Morgan fingerprint density at radius 2 is 2.06 bits per heavy atom. The average Bonchev–Trinajstić information content (AvgIpc) is 2.73. The van der Waals surface area contributed by atoms with Crippen LogP contribution < -0.4 is 5.32 Å². The van der Waals surface area contributed by atoms with Crippen molar-refractivity contribution in [1.82, 2.24) is 10.2 Å². The minimum Gasteiger partial charge on any atom is -0.376 e. The van der Waals surface area contributed by atoms with Crippen molar-refractivity contribution in [3.05, 3.63) is 0 Å². The minimum atomic E-state index is 0.187. The van der Waals surface area contributed by atoms with Crippen molar-refractivity contribution >= 4 is 5.91 Å². The van der Waals surface area contributed by atoms with Gasteiger partial charge in [-0.3, -0.25) is 10.1 Å². The molecule has 1 unspecified atom stereocenters. The van der Waals surface area contributed by atoms with Crippen LogP contribution in [0.2, 0.25) is 0 Å². The predicted molar refractivity (Wildman–Crippen MR) is 71.2 cm³/mol. The standard InChI is InChI=1S/C14H26N2O2/c1-11(2)14-15-10-13(17)16(14)8-9-18-12-6-4-3-5-7-12/h11-12,14-15H,3-10H2,1-2H3. The molecule has 0 bridgehead atoms. The van der Waals surface area contributed by atoms with Crippen LogP contribution in [0.5, 0.6) is 0 Å². The highest BCUT2D eigenvalue weighted by molar-refractivity contribution is 5.80. The highest BCUT2D eigenvalue weighted by atomic mass is 16.5. The molecular weight excluding hydrogens is 228 g/mol. The lowest BCUT2D eigenvalue weighted by atomic mass is 9.98. The second-order valence-electron chi connectivity index (χ2n) is 5.79. The summed E-state index contributed by atoms with van der Waals surface area (Å²) < 4.78 is 5.90. The summed E-state index contributed by atoms with van der Waals surface area (Å²) in [6.45, 7) is 6.18. The molecule has 0 aromatic heterocycles. The summed E-state index contributed by atoms with van der Waals surface area (Å²) in [6.07, 6.45) is 6.95. The normalized spacial score (nSPS) is 26.3. The van der Waals surface area contributed by atoms with Crippen LogP contribution in [-0.4, -0.2) is 42.8 Å². The van der Waals surface area contributed by atoms with Gasteiger partial charge in [-0.1, -0.05) is 33.1 Å². The molecular formula is C14H26N2O2. The lowest BCUT2D eigenvalue weighted by Crippen LogP contribution is -2.43. The van der Waals surface area contributed by atoms with Gasteiger partial charge in [-0.15, -0.1) is 0 Å². The van der Waals surface area contributed by atoms with Gasteiger partial charge in [-0.25, -0.2) is 0 Å². The largest absolute Gasteiger partial charge is 0.376 e. The van der Waals surface area contributed by atoms with Crippen LogP contribution in [0.3, 0.4) is 0 Å². The van der Waals surface area contributed by atoms with Gasteiger partial charge in [0.2, 0.25) is 5.91 Å². The lowest BCUT2D eigenvalue weighted by Gasteiger charge is -2.28. The first-order chi connectivity index (χ1) is 8.68. The molecule has 1 heterocycles. The fourth-order valence-corrected chi connectivity index (χ4v) is 2.97. The number of nitrogens with zero attached hydrogens (tertiary/aromatic N) is 1. The van der Waals surface area contributed by atoms with Gasteiger partial charge < -0.3 is 9.64 Å².